The van der Waals surface area contributed by atoms with E-state index in [-0.39, 0.29) is 18.8 Å². The maximum Gasteiger partial charge on any atom is 0.304 e. The smallest absolute Gasteiger partial charge is 0.304 e. The highest BCUT2D eigenvalue weighted by Crippen LogP contribution is 2.19. The van der Waals surface area contributed by atoms with Gasteiger partial charge in [0.15, 0.2) is 0 Å². The van der Waals surface area contributed by atoms with E-state index >= 15 is 0 Å². The third-order valence-corrected chi connectivity index (χ3v) is 5.11. The van der Waals surface area contributed by atoms with Crippen LogP contribution in [0.5, 0.6) is 0 Å². The molecule has 3 heterocycles. The van der Waals surface area contributed by atoms with Gasteiger partial charge in [0.05, 0.1) is 6.42 Å². The highest BCUT2D eigenvalue weighted by molar-refractivity contribution is 5.85. The SMILES string of the molecule is Cl.O=C(O)CCN1CCCC(CN2CCN(c3ccccn3)CC2)C1. The number of piperidine rings is 1. The third-order valence-electron chi connectivity index (χ3n) is 5.11. The van der Waals surface area contributed by atoms with Crippen molar-refractivity contribution >= 4 is 24.2 Å². The molecule has 2 saturated heterocycles. The Labute approximate surface area is 156 Å². The van der Waals surface area contributed by atoms with Crippen LogP contribution in [0.4, 0.5) is 5.82 Å². The molecule has 2 aliphatic rings. The van der Waals surface area contributed by atoms with Crippen LogP contribution in [0.2, 0.25) is 0 Å². The summed E-state index contributed by atoms with van der Waals surface area (Å²) in [6, 6.07) is 6.08. The van der Waals surface area contributed by atoms with Crippen molar-refractivity contribution < 1.29 is 9.90 Å². The molecule has 0 aliphatic carbocycles. The van der Waals surface area contributed by atoms with Gasteiger partial charge in [0.1, 0.15) is 5.82 Å². The molecule has 2 fully saturated rings. The Morgan fingerprint density at radius 1 is 1.16 bits per heavy atom. The second-order valence-electron chi connectivity index (χ2n) is 6.93. The van der Waals surface area contributed by atoms with Gasteiger partial charge in [-0.2, -0.15) is 0 Å². The second kappa shape index (κ2) is 9.94. The molecule has 0 radical (unpaired) electrons. The van der Waals surface area contributed by atoms with E-state index in [0.29, 0.717) is 12.5 Å². The zero-order chi connectivity index (χ0) is 16.8. The van der Waals surface area contributed by atoms with Crippen molar-refractivity contribution in [2.24, 2.45) is 5.92 Å². The molecule has 3 rings (SSSR count). The fourth-order valence-corrected chi connectivity index (χ4v) is 3.82. The summed E-state index contributed by atoms with van der Waals surface area (Å²) in [7, 11) is 0. The summed E-state index contributed by atoms with van der Waals surface area (Å²) in [5.74, 6) is 1.06. The zero-order valence-corrected chi connectivity index (χ0v) is 15.5. The fraction of sp³-hybridized carbons (Fsp3) is 0.667. The molecule has 0 spiro atoms. The predicted molar refractivity (Wildman–Crippen MR) is 102 cm³/mol. The van der Waals surface area contributed by atoms with E-state index in [1.807, 2.05) is 18.3 Å². The van der Waals surface area contributed by atoms with Crippen LogP contribution in [0.3, 0.4) is 0 Å². The largest absolute Gasteiger partial charge is 0.481 e. The van der Waals surface area contributed by atoms with Crippen LogP contribution in [-0.2, 0) is 4.79 Å². The number of rotatable bonds is 6. The number of carbonyl (C=O) groups is 1. The van der Waals surface area contributed by atoms with Gasteiger partial charge >= 0.3 is 5.97 Å². The molecule has 2 aliphatic heterocycles. The topological polar surface area (TPSA) is 59.9 Å². The first-order valence-electron chi connectivity index (χ1n) is 9.03. The summed E-state index contributed by atoms with van der Waals surface area (Å²) in [4.78, 5) is 22.4. The molecular formula is C18H29ClN4O2. The van der Waals surface area contributed by atoms with Gasteiger partial charge in [-0.25, -0.2) is 4.98 Å². The highest BCUT2D eigenvalue weighted by atomic mass is 35.5. The van der Waals surface area contributed by atoms with Gasteiger partial charge in [-0.3, -0.25) is 9.69 Å². The maximum atomic E-state index is 10.7. The van der Waals surface area contributed by atoms with Gasteiger partial charge in [-0.15, -0.1) is 12.4 Å². The number of piperazine rings is 1. The summed E-state index contributed by atoms with van der Waals surface area (Å²) < 4.78 is 0. The quantitative estimate of drug-likeness (QED) is 0.826. The van der Waals surface area contributed by atoms with Gasteiger partial charge < -0.3 is 14.9 Å². The first-order valence-corrected chi connectivity index (χ1v) is 9.03. The average molecular weight is 369 g/mol. The minimum atomic E-state index is -0.692. The van der Waals surface area contributed by atoms with Gasteiger partial charge in [0.2, 0.25) is 0 Å². The first kappa shape index (κ1) is 19.9. The Bertz CT molecular complexity index is 523. The standard InChI is InChI=1S/C18H28N4O2.ClH/c23-18(24)6-9-20-8-3-4-16(14-20)15-21-10-12-22(13-11-21)17-5-1-2-7-19-17;/h1-2,5,7,16H,3-4,6,8-15H2,(H,23,24);1H. The summed E-state index contributed by atoms with van der Waals surface area (Å²) in [6.45, 7) is 8.17. The number of aromatic nitrogens is 1. The fourth-order valence-electron chi connectivity index (χ4n) is 3.82. The Hall–Kier alpha value is -1.37. The monoisotopic (exact) mass is 368 g/mol. The molecule has 0 amide bonds. The molecular weight excluding hydrogens is 340 g/mol. The Kier molecular flexibility index (Phi) is 7.93. The van der Waals surface area contributed by atoms with E-state index in [0.717, 1.165) is 51.6 Å². The predicted octanol–water partition coefficient (Wildman–Crippen LogP) is 1.81. The molecule has 0 aromatic carbocycles. The number of pyridine rings is 1. The van der Waals surface area contributed by atoms with E-state index in [1.165, 1.54) is 12.8 Å². The molecule has 1 unspecified atom stereocenters. The Morgan fingerprint density at radius 2 is 1.96 bits per heavy atom. The van der Waals surface area contributed by atoms with Crippen LogP contribution in [-0.4, -0.2) is 78.2 Å². The molecule has 1 aromatic rings. The maximum absolute atomic E-state index is 10.7. The molecule has 1 aromatic heterocycles. The minimum absolute atomic E-state index is 0. The van der Waals surface area contributed by atoms with Gasteiger partial charge in [0.25, 0.3) is 0 Å². The highest BCUT2D eigenvalue weighted by Gasteiger charge is 2.24. The molecule has 0 bridgehead atoms. The van der Waals surface area contributed by atoms with Crippen molar-refractivity contribution in [2.75, 3.05) is 57.3 Å². The summed E-state index contributed by atoms with van der Waals surface area (Å²) >= 11 is 0. The number of halogens is 1. The van der Waals surface area contributed by atoms with Crippen molar-refractivity contribution in [3.8, 4) is 0 Å². The summed E-state index contributed by atoms with van der Waals surface area (Å²) in [5, 5.41) is 8.85. The van der Waals surface area contributed by atoms with Gasteiger partial charge in [-0.05, 0) is 37.4 Å². The lowest BCUT2D eigenvalue weighted by molar-refractivity contribution is -0.137. The lowest BCUT2D eigenvalue weighted by atomic mass is 9.97. The molecule has 1 atom stereocenters. The van der Waals surface area contributed by atoms with Crippen molar-refractivity contribution in [3.05, 3.63) is 24.4 Å². The number of carboxylic acid groups (broad SMARTS) is 1. The number of hydrogen-bond donors (Lipinski definition) is 1. The van der Waals surface area contributed by atoms with Crippen LogP contribution in [0.1, 0.15) is 19.3 Å². The molecule has 1 N–H and O–H groups in total. The molecule has 6 nitrogen and oxygen atoms in total. The van der Waals surface area contributed by atoms with Crippen molar-refractivity contribution in [3.63, 3.8) is 0 Å². The Balaban J connectivity index is 0.00000225. The minimum Gasteiger partial charge on any atom is -0.481 e. The average Bonchev–Trinajstić information content (AvgIpc) is 2.62. The van der Waals surface area contributed by atoms with E-state index in [4.69, 9.17) is 5.11 Å². The van der Waals surface area contributed by atoms with E-state index in [1.54, 1.807) is 0 Å². The second-order valence-corrected chi connectivity index (χ2v) is 6.93. The first-order chi connectivity index (χ1) is 11.7. The van der Waals surface area contributed by atoms with Crippen LogP contribution in [0.25, 0.3) is 0 Å². The van der Waals surface area contributed by atoms with E-state index in [9.17, 15) is 4.79 Å². The summed E-state index contributed by atoms with van der Waals surface area (Å²) in [5.41, 5.74) is 0. The number of anilines is 1. The van der Waals surface area contributed by atoms with Gasteiger partial charge in [-0.1, -0.05) is 6.07 Å². The molecule has 140 valence electrons. The number of nitrogens with zero attached hydrogens (tertiary/aromatic N) is 4. The third kappa shape index (κ3) is 6.13. The van der Waals surface area contributed by atoms with Crippen LogP contribution in [0, 0.1) is 5.92 Å². The lowest BCUT2D eigenvalue weighted by Crippen LogP contribution is -2.50. The van der Waals surface area contributed by atoms with Crippen LogP contribution >= 0.6 is 12.4 Å². The van der Waals surface area contributed by atoms with Crippen LogP contribution < -0.4 is 4.90 Å². The van der Waals surface area contributed by atoms with Crippen molar-refractivity contribution in [1.29, 1.82) is 0 Å². The number of aliphatic carboxylic acids is 1. The normalized spacial score (nSPS) is 22.4. The Morgan fingerprint density at radius 3 is 2.64 bits per heavy atom. The van der Waals surface area contributed by atoms with Crippen LogP contribution in [0.15, 0.2) is 24.4 Å². The molecule has 7 heteroatoms. The number of likely N-dealkylation sites (tertiary alicyclic amines) is 1. The molecule has 0 saturated carbocycles. The summed E-state index contributed by atoms with van der Waals surface area (Å²) in [6.07, 6.45) is 4.58. The van der Waals surface area contributed by atoms with Crippen molar-refractivity contribution in [1.82, 2.24) is 14.8 Å². The van der Waals surface area contributed by atoms with E-state index < -0.39 is 5.97 Å². The number of carboxylic acids is 1. The van der Waals surface area contributed by atoms with Crippen molar-refractivity contribution in [2.45, 2.75) is 19.3 Å². The molecule has 25 heavy (non-hydrogen) atoms. The zero-order valence-electron chi connectivity index (χ0n) is 14.7. The van der Waals surface area contributed by atoms with E-state index in [2.05, 4.69) is 25.8 Å². The van der Waals surface area contributed by atoms with Gasteiger partial charge in [0, 0.05) is 52.0 Å². The lowest BCUT2D eigenvalue weighted by Gasteiger charge is -2.39. The number of hydrogen-bond acceptors (Lipinski definition) is 5.